The lowest BCUT2D eigenvalue weighted by Gasteiger charge is -2.50. The SMILES string of the molecule is Cc1nc2ccccc2n1-c1nc(N2CCOCC2)c2nc(CN3CCC4(CC3)CC(O)C4)n(C)c2n1. The molecule has 3 aliphatic rings. The van der Waals surface area contributed by atoms with Crippen LogP contribution in [0.1, 0.15) is 37.3 Å². The summed E-state index contributed by atoms with van der Waals surface area (Å²) in [5.41, 5.74) is 4.00. The lowest BCUT2D eigenvalue weighted by Crippen LogP contribution is -2.48. The van der Waals surface area contributed by atoms with Gasteiger partial charge in [-0.3, -0.25) is 9.47 Å². The fraction of sp³-hybridized carbons (Fsp3) is 0.556. The van der Waals surface area contributed by atoms with Crippen LogP contribution >= 0.6 is 0 Å². The Morgan fingerprint density at radius 1 is 1.00 bits per heavy atom. The highest BCUT2D eigenvalue weighted by Crippen LogP contribution is 2.49. The lowest BCUT2D eigenvalue weighted by atomic mass is 9.61. The number of rotatable bonds is 4. The van der Waals surface area contributed by atoms with Gasteiger partial charge in [-0.25, -0.2) is 9.97 Å². The molecule has 2 aliphatic heterocycles. The number of likely N-dealkylation sites (tertiary alicyclic amines) is 1. The molecule has 0 radical (unpaired) electrons. The van der Waals surface area contributed by atoms with Gasteiger partial charge in [0.25, 0.3) is 0 Å². The van der Waals surface area contributed by atoms with Crippen LogP contribution in [0.15, 0.2) is 24.3 Å². The molecule has 3 fully saturated rings. The van der Waals surface area contributed by atoms with Gasteiger partial charge in [-0.2, -0.15) is 9.97 Å². The maximum absolute atomic E-state index is 9.83. The molecule has 1 N–H and O–H groups in total. The van der Waals surface area contributed by atoms with Gasteiger partial charge >= 0.3 is 0 Å². The molecular formula is C27H34N8O2. The number of ether oxygens (including phenoxy) is 1. The zero-order valence-corrected chi connectivity index (χ0v) is 21.6. The first kappa shape index (κ1) is 23.1. The number of aliphatic hydroxyl groups is 1. The largest absolute Gasteiger partial charge is 0.393 e. The molecule has 194 valence electrons. The van der Waals surface area contributed by atoms with E-state index in [4.69, 9.17) is 24.7 Å². The Balaban J connectivity index is 1.28. The molecule has 5 heterocycles. The van der Waals surface area contributed by atoms with Crippen LogP contribution in [-0.2, 0) is 18.3 Å². The average Bonchev–Trinajstić information content (AvgIpc) is 3.40. The van der Waals surface area contributed by atoms with E-state index in [0.717, 1.165) is 98.1 Å². The summed E-state index contributed by atoms with van der Waals surface area (Å²) < 4.78 is 9.81. The van der Waals surface area contributed by atoms with Gasteiger partial charge < -0.3 is 19.3 Å². The molecule has 1 aliphatic carbocycles. The van der Waals surface area contributed by atoms with E-state index in [9.17, 15) is 5.11 Å². The third-order valence-corrected chi connectivity index (χ3v) is 8.64. The maximum atomic E-state index is 9.83. The van der Waals surface area contributed by atoms with Gasteiger partial charge in [0.05, 0.1) is 36.9 Å². The van der Waals surface area contributed by atoms with E-state index < -0.39 is 0 Å². The zero-order valence-electron chi connectivity index (χ0n) is 21.6. The molecule has 1 aromatic carbocycles. The second kappa shape index (κ2) is 8.75. The smallest absolute Gasteiger partial charge is 0.239 e. The molecule has 1 saturated carbocycles. The molecule has 1 spiro atoms. The van der Waals surface area contributed by atoms with Crippen LogP contribution in [0, 0.1) is 12.3 Å². The van der Waals surface area contributed by atoms with Gasteiger partial charge in [0.15, 0.2) is 17.0 Å². The average molecular weight is 503 g/mol. The molecule has 37 heavy (non-hydrogen) atoms. The molecule has 4 aromatic rings. The zero-order chi connectivity index (χ0) is 25.1. The molecule has 3 aromatic heterocycles. The third kappa shape index (κ3) is 3.89. The quantitative estimate of drug-likeness (QED) is 0.455. The number of benzene rings is 1. The van der Waals surface area contributed by atoms with Gasteiger partial charge in [-0.15, -0.1) is 0 Å². The van der Waals surface area contributed by atoms with Crippen LogP contribution in [0.2, 0.25) is 0 Å². The summed E-state index contributed by atoms with van der Waals surface area (Å²) in [6, 6.07) is 8.12. The van der Waals surface area contributed by atoms with Gasteiger partial charge in [0, 0.05) is 20.1 Å². The highest BCUT2D eigenvalue weighted by atomic mass is 16.5. The number of anilines is 1. The predicted molar refractivity (Wildman–Crippen MR) is 141 cm³/mol. The Hall–Kier alpha value is -3.08. The normalized spacial score (nSPS) is 20.8. The topological polar surface area (TPSA) is 97.4 Å². The van der Waals surface area contributed by atoms with Crippen molar-refractivity contribution in [3.05, 3.63) is 35.9 Å². The minimum absolute atomic E-state index is 0.0889. The van der Waals surface area contributed by atoms with E-state index in [-0.39, 0.29) is 6.10 Å². The number of imidazole rings is 2. The van der Waals surface area contributed by atoms with E-state index >= 15 is 0 Å². The molecule has 10 nitrogen and oxygen atoms in total. The second-order valence-electron chi connectivity index (χ2n) is 11.0. The van der Waals surface area contributed by atoms with Gasteiger partial charge in [-0.05, 0) is 63.2 Å². The van der Waals surface area contributed by atoms with Gasteiger partial charge in [0.2, 0.25) is 5.95 Å². The highest BCUT2D eigenvalue weighted by Gasteiger charge is 2.45. The van der Waals surface area contributed by atoms with E-state index in [0.29, 0.717) is 24.6 Å². The Bertz CT molecular complexity index is 1450. The van der Waals surface area contributed by atoms with Crippen molar-refractivity contribution in [2.24, 2.45) is 12.5 Å². The fourth-order valence-electron chi connectivity index (χ4n) is 6.45. The monoisotopic (exact) mass is 502 g/mol. The standard InChI is InChI=1S/C27H34N8O2/c1-18-28-20-5-3-4-6-21(20)35(18)26-30-24-23(25(31-26)34-11-13-37-14-12-34)29-22(32(24)2)17-33-9-7-27(8-10-33)15-19(36)16-27/h3-6,19,36H,7-17H2,1-2H3. The molecule has 0 unspecified atom stereocenters. The number of aryl methyl sites for hydroxylation is 2. The van der Waals surface area contributed by atoms with Crippen molar-refractivity contribution >= 4 is 28.0 Å². The number of fused-ring (bicyclic) bond motifs is 2. The number of nitrogens with zero attached hydrogens (tertiary/aromatic N) is 8. The molecular weight excluding hydrogens is 468 g/mol. The minimum atomic E-state index is -0.0889. The Kier molecular flexibility index (Phi) is 5.45. The Morgan fingerprint density at radius 2 is 1.76 bits per heavy atom. The van der Waals surface area contributed by atoms with Crippen molar-refractivity contribution < 1.29 is 9.84 Å². The van der Waals surface area contributed by atoms with Crippen molar-refractivity contribution in [3.8, 4) is 5.95 Å². The van der Waals surface area contributed by atoms with Gasteiger partial charge in [0.1, 0.15) is 11.6 Å². The van der Waals surface area contributed by atoms with Crippen molar-refractivity contribution in [2.45, 2.75) is 45.3 Å². The van der Waals surface area contributed by atoms with Crippen LogP contribution in [0.4, 0.5) is 5.82 Å². The van der Waals surface area contributed by atoms with E-state index in [1.54, 1.807) is 0 Å². The summed E-state index contributed by atoms with van der Waals surface area (Å²) in [5.74, 6) is 3.36. The fourth-order valence-corrected chi connectivity index (χ4v) is 6.45. The van der Waals surface area contributed by atoms with E-state index in [1.807, 2.05) is 29.7 Å². The number of hydrogen-bond acceptors (Lipinski definition) is 8. The molecule has 0 atom stereocenters. The summed E-state index contributed by atoms with van der Waals surface area (Å²) >= 11 is 0. The molecule has 0 amide bonds. The van der Waals surface area contributed by atoms with Crippen molar-refractivity contribution in [3.63, 3.8) is 0 Å². The van der Waals surface area contributed by atoms with Crippen LogP contribution in [0.3, 0.4) is 0 Å². The summed E-state index contributed by atoms with van der Waals surface area (Å²) in [4.78, 5) is 24.8. The van der Waals surface area contributed by atoms with Crippen LogP contribution in [0.5, 0.6) is 0 Å². The van der Waals surface area contributed by atoms with Crippen molar-refractivity contribution in [2.75, 3.05) is 44.3 Å². The molecule has 2 saturated heterocycles. The highest BCUT2D eigenvalue weighted by molar-refractivity contribution is 5.86. The summed E-state index contributed by atoms with van der Waals surface area (Å²) in [5, 5.41) is 9.83. The van der Waals surface area contributed by atoms with E-state index in [2.05, 4.69) is 27.5 Å². The van der Waals surface area contributed by atoms with Crippen molar-refractivity contribution in [1.82, 2.24) is 34.0 Å². The summed E-state index contributed by atoms with van der Waals surface area (Å²) in [6.45, 7) is 7.79. The predicted octanol–water partition coefficient (Wildman–Crippen LogP) is 2.58. The van der Waals surface area contributed by atoms with Crippen molar-refractivity contribution in [1.29, 1.82) is 0 Å². The Labute approximate surface area is 215 Å². The number of morpholine rings is 1. The summed E-state index contributed by atoms with van der Waals surface area (Å²) in [6.07, 6.45) is 4.16. The third-order valence-electron chi connectivity index (χ3n) is 8.64. The number of piperidine rings is 1. The first-order valence-corrected chi connectivity index (χ1v) is 13.4. The number of para-hydroxylation sites is 2. The van der Waals surface area contributed by atoms with Gasteiger partial charge in [-0.1, -0.05) is 12.1 Å². The summed E-state index contributed by atoms with van der Waals surface area (Å²) in [7, 11) is 2.07. The molecule has 0 bridgehead atoms. The number of aliphatic hydroxyl groups excluding tert-OH is 1. The van der Waals surface area contributed by atoms with Crippen LogP contribution < -0.4 is 4.90 Å². The minimum Gasteiger partial charge on any atom is -0.393 e. The Morgan fingerprint density at radius 3 is 2.51 bits per heavy atom. The maximum Gasteiger partial charge on any atom is 0.239 e. The van der Waals surface area contributed by atoms with Crippen LogP contribution in [0.25, 0.3) is 28.1 Å². The second-order valence-corrected chi connectivity index (χ2v) is 11.0. The lowest BCUT2D eigenvalue weighted by molar-refractivity contribution is -0.0693. The molecule has 7 rings (SSSR count). The van der Waals surface area contributed by atoms with E-state index in [1.165, 1.54) is 0 Å². The first-order chi connectivity index (χ1) is 18.0. The first-order valence-electron chi connectivity index (χ1n) is 13.4. The molecule has 10 heteroatoms. The van der Waals surface area contributed by atoms with Crippen LogP contribution in [-0.4, -0.2) is 84.6 Å². The number of hydrogen-bond donors (Lipinski definition) is 1. The number of aromatic nitrogens is 6.